The van der Waals surface area contributed by atoms with Crippen molar-refractivity contribution in [3.05, 3.63) is 75.3 Å². The first-order valence-corrected chi connectivity index (χ1v) is 10.3. The fraction of sp³-hybridized carbons (Fsp3) is 0.211. The lowest BCUT2D eigenvalue weighted by molar-refractivity contribution is -0.146. The van der Waals surface area contributed by atoms with Gasteiger partial charge in [-0.1, -0.05) is 41.4 Å². The number of alkyl halides is 3. The van der Waals surface area contributed by atoms with Crippen LogP contribution in [0.4, 0.5) is 13.2 Å². The van der Waals surface area contributed by atoms with E-state index in [1.807, 2.05) is 0 Å². The van der Waals surface area contributed by atoms with E-state index in [9.17, 15) is 23.1 Å². The largest absolute Gasteiger partial charge is 0.481 e. The number of aliphatic carboxylic acids is 1. The molecule has 2 heterocycles. The van der Waals surface area contributed by atoms with Gasteiger partial charge >= 0.3 is 12.1 Å². The van der Waals surface area contributed by atoms with Gasteiger partial charge in [-0.3, -0.25) is 9.36 Å². The smallest absolute Gasteiger partial charge is 0.452 e. The van der Waals surface area contributed by atoms with Gasteiger partial charge in [0.2, 0.25) is 5.82 Å². The molecule has 1 aliphatic rings. The molecule has 11 heteroatoms. The molecule has 0 spiro atoms. The summed E-state index contributed by atoms with van der Waals surface area (Å²) in [6.45, 7) is 0. The first-order chi connectivity index (χ1) is 14.2. The highest BCUT2D eigenvalue weighted by atomic mass is 35.5. The summed E-state index contributed by atoms with van der Waals surface area (Å²) in [5.41, 5.74) is 1.27. The molecule has 30 heavy (non-hydrogen) atoms. The molecule has 1 aromatic heterocycles. The van der Waals surface area contributed by atoms with Crippen molar-refractivity contribution in [3.63, 3.8) is 0 Å². The third-order valence-corrected chi connectivity index (χ3v) is 6.66. The highest BCUT2D eigenvalue weighted by molar-refractivity contribution is 8.00. The molecule has 2 aromatic carbocycles. The van der Waals surface area contributed by atoms with Crippen molar-refractivity contribution in [2.75, 3.05) is 0 Å². The Morgan fingerprint density at radius 3 is 2.53 bits per heavy atom. The Labute approximate surface area is 182 Å². The molecule has 0 amide bonds. The minimum absolute atomic E-state index is 0.0900. The van der Waals surface area contributed by atoms with E-state index in [0.29, 0.717) is 21.2 Å². The molecule has 0 saturated heterocycles. The van der Waals surface area contributed by atoms with Crippen LogP contribution in [0.3, 0.4) is 0 Å². The number of benzene rings is 2. The Morgan fingerprint density at radius 1 is 1.13 bits per heavy atom. The summed E-state index contributed by atoms with van der Waals surface area (Å²) in [7, 11) is 0. The number of carbonyl (C=O) groups is 1. The van der Waals surface area contributed by atoms with E-state index in [4.69, 9.17) is 23.2 Å². The second kappa shape index (κ2) is 7.79. The van der Waals surface area contributed by atoms with Gasteiger partial charge in [0.05, 0.1) is 22.6 Å². The first kappa shape index (κ1) is 21.0. The van der Waals surface area contributed by atoms with Crippen molar-refractivity contribution in [2.24, 2.45) is 0 Å². The van der Waals surface area contributed by atoms with Crippen LogP contribution in [-0.4, -0.2) is 25.8 Å². The van der Waals surface area contributed by atoms with Gasteiger partial charge in [-0.2, -0.15) is 13.2 Å². The summed E-state index contributed by atoms with van der Waals surface area (Å²) in [5, 5.41) is 15.7. The van der Waals surface area contributed by atoms with E-state index < -0.39 is 34.9 Å². The van der Waals surface area contributed by atoms with Crippen LogP contribution >= 0.6 is 35.0 Å². The highest BCUT2D eigenvalue weighted by Gasteiger charge is 2.43. The average Bonchev–Trinajstić information content (AvgIpc) is 3.06. The van der Waals surface area contributed by atoms with Gasteiger partial charge in [0.1, 0.15) is 0 Å². The second-order valence-electron chi connectivity index (χ2n) is 6.54. The van der Waals surface area contributed by atoms with E-state index in [1.54, 1.807) is 30.3 Å². The van der Waals surface area contributed by atoms with Crippen molar-refractivity contribution in [1.29, 1.82) is 0 Å². The fourth-order valence-electron chi connectivity index (χ4n) is 3.39. The minimum Gasteiger partial charge on any atom is -0.481 e. The monoisotopic (exact) mass is 473 g/mol. The predicted molar refractivity (Wildman–Crippen MR) is 107 cm³/mol. The number of rotatable bonds is 3. The van der Waals surface area contributed by atoms with Gasteiger partial charge in [-0.15, -0.1) is 22.0 Å². The third-order valence-electron chi connectivity index (χ3n) is 4.59. The maximum Gasteiger partial charge on any atom is 0.452 e. The van der Waals surface area contributed by atoms with Crippen LogP contribution in [0.15, 0.2) is 42.5 Å². The summed E-state index contributed by atoms with van der Waals surface area (Å²) in [6, 6.07) is 11.4. The predicted octanol–water partition coefficient (Wildman–Crippen LogP) is 5.94. The lowest BCUT2D eigenvalue weighted by atomic mass is 10.0. The molecule has 0 bridgehead atoms. The topological polar surface area (TPSA) is 68.0 Å². The summed E-state index contributed by atoms with van der Waals surface area (Å²) < 4.78 is 42.0. The summed E-state index contributed by atoms with van der Waals surface area (Å²) >= 11 is 13.7. The zero-order chi connectivity index (χ0) is 21.6. The SMILES string of the molecule is O=C(O)C[C@@H]1S[C@@H](c2ccccc2Cl)c2cc(Cl)ccc2-n2c1nnc2C(F)(F)F. The summed E-state index contributed by atoms with van der Waals surface area (Å²) in [5.74, 6) is -2.48. The number of fused-ring (bicyclic) bond motifs is 3. The zero-order valence-electron chi connectivity index (χ0n) is 14.9. The molecule has 0 saturated carbocycles. The number of thioether (sulfide) groups is 1. The molecule has 2 atom stereocenters. The number of hydrogen-bond acceptors (Lipinski definition) is 4. The first-order valence-electron chi connectivity index (χ1n) is 8.61. The van der Waals surface area contributed by atoms with E-state index in [2.05, 4.69) is 10.2 Å². The fourth-order valence-corrected chi connectivity index (χ4v) is 5.41. The second-order valence-corrected chi connectivity index (χ2v) is 8.70. The summed E-state index contributed by atoms with van der Waals surface area (Å²) in [6.07, 6.45) is -5.23. The molecule has 156 valence electrons. The molecule has 3 aromatic rings. The van der Waals surface area contributed by atoms with Crippen molar-refractivity contribution in [2.45, 2.75) is 23.1 Å². The van der Waals surface area contributed by atoms with Crippen LogP contribution in [0.1, 0.15) is 39.7 Å². The van der Waals surface area contributed by atoms with Crippen molar-refractivity contribution < 1.29 is 23.1 Å². The van der Waals surface area contributed by atoms with Crippen molar-refractivity contribution >= 4 is 40.9 Å². The lowest BCUT2D eigenvalue weighted by Crippen LogP contribution is -2.16. The highest BCUT2D eigenvalue weighted by Crippen LogP contribution is 2.52. The van der Waals surface area contributed by atoms with Crippen LogP contribution in [-0.2, 0) is 11.0 Å². The number of carboxylic acids is 1. The number of halogens is 5. The van der Waals surface area contributed by atoms with Crippen LogP contribution in [0.25, 0.3) is 5.69 Å². The summed E-state index contributed by atoms with van der Waals surface area (Å²) in [4.78, 5) is 11.5. The Hall–Kier alpha value is -2.23. The van der Waals surface area contributed by atoms with Gasteiger partial charge in [-0.05, 0) is 35.4 Å². The number of hydrogen-bond donors (Lipinski definition) is 1. The van der Waals surface area contributed by atoms with Crippen LogP contribution in [0.5, 0.6) is 0 Å². The van der Waals surface area contributed by atoms with E-state index in [0.717, 1.165) is 16.3 Å². The maximum absolute atomic E-state index is 13.7. The Balaban J connectivity index is 2.03. The minimum atomic E-state index is -4.79. The van der Waals surface area contributed by atoms with Crippen LogP contribution in [0.2, 0.25) is 10.0 Å². The zero-order valence-corrected chi connectivity index (χ0v) is 17.2. The van der Waals surface area contributed by atoms with E-state index in [1.165, 1.54) is 12.1 Å². The molecular formula is C19H12Cl2F3N3O2S. The molecule has 0 fully saturated rings. The van der Waals surface area contributed by atoms with Crippen LogP contribution in [0, 0.1) is 0 Å². The Bertz CT molecular complexity index is 1140. The molecule has 0 aliphatic carbocycles. The molecule has 4 rings (SSSR count). The van der Waals surface area contributed by atoms with Crippen LogP contribution < -0.4 is 0 Å². The number of aromatic nitrogens is 3. The van der Waals surface area contributed by atoms with Crippen molar-refractivity contribution in [3.8, 4) is 5.69 Å². The molecule has 1 N–H and O–H groups in total. The molecular weight excluding hydrogens is 462 g/mol. The Kier molecular flexibility index (Phi) is 5.46. The van der Waals surface area contributed by atoms with Gasteiger partial charge in [0.25, 0.3) is 0 Å². The van der Waals surface area contributed by atoms with E-state index in [-0.39, 0.29) is 11.5 Å². The molecule has 0 radical (unpaired) electrons. The number of nitrogens with zero attached hydrogens (tertiary/aromatic N) is 3. The number of carboxylic acid groups (broad SMARTS) is 1. The average molecular weight is 474 g/mol. The van der Waals surface area contributed by atoms with Gasteiger partial charge < -0.3 is 5.11 Å². The molecule has 5 nitrogen and oxygen atoms in total. The Morgan fingerprint density at radius 2 is 1.87 bits per heavy atom. The normalized spacial score (nSPS) is 18.4. The standard InChI is InChI=1S/C19H12Cl2F3N3O2S/c20-9-5-6-13-11(7-9)16(10-3-1-2-4-12(10)21)30-14(8-15(28)29)17-25-26-18(27(13)17)19(22,23)24/h1-7,14,16H,8H2,(H,28,29)/t14-,16-/m0/s1. The lowest BCUT2D eigenvalue weighted by Gasteiger charge is -2.21. The van der Waals surface area contributed by atoms with Gasteiger partial charge in [0, 0.05) is 10.0 Å². The molecule has 0 unspecified atom stereocenters. The quantitative estimate of drug-likeness (QED) is 0.509. The molecule has 1 aliphatic heterocycles. The maximum atomic E-state index is 13.7. The third kappa shape index (κ3) is 3.77. The van der Waals surface area contributed by atoms with Gasteiger partial charge in [-0.25, -0.2) is 0 Å². The van der Waals surface area contributed by atoms with E-state index >= 15 is 0 Å². The van der Waals surface area contributed by atoms with Gasteiger partial charge in [0.15, 0.2) is 5.82 Å². The van der Waals surface area contributed by atoms with Crippen molar-refractivity contribution in [1.82, 2.24) is 14.8 Å².